The second-order valence-electron chi connectivity index (χ2n) is 10.1. The van der Waals surface area contributed by atoms with E-state index < -0.39 is 0 Å². The summed E-state index contributed by atoms with van der Waals surface area (Å²) in [5.41, 5.74) is 7.07. The minimum absolute atomic E-state index is 0.00596. The molecule has 4 aromatic rings. The van der Waals surface area contributed by atoms with E-state index in [1.54, 1.807) is 0 Å². The van der Waals surface area contributed by atoms with Gasteiger partial charge in [0, 0.05) is 29.9 Å². The summed E-state index contributed by atoms with van der Waals surface area (Å²) in [6, 6.07) is 18.0. The van der Waals surface area contributed by atoms with Crippen LogP contribution in [-0.4, -0.2) is 24.0 Å². The van der Waals surface area contributed by atoms with Gasteiger partial charge in [0.05, 0.1) is 22.3 Å². The van der Waals surface area contributed by atoms with Crippen LogP contribution >= 0.6 is 0 Å². The molecule has 0 radical (unpaired) electrons. The van der Waals surface area contributed by atoms with E-state index >= 15 is 0 Å². The van der Waals surface area contributed by atoms with Crippen LogP contribution in [-0.2, 0) is 0 Å². The maximum atomic E-state index is 13.7. The van der Waals surface area contributed by atoms with E-state index in [1.165, 1.54) is 12.0 Å². The zero-order valence-corrected chi connectivity index (χ0v) is 19.2. The summed E-state index contributed by atoms with van der Waals surface area (Å²) in [5, 5.41) is 8.86. The van der Waals surface area contributed by atoms with Crippen LogP contribution in [0.1, 0.15) is 48.2 Å². The fourth-order valence-corrected chi connectivity index (χ4v) is 5.30. The van der Waals surface area contributed by atoms with Gasteiger partial charge in [0.1, 0.15) is 5.52 Å². The van der Waals surface area contributed by atoms with Crippen LogP contribution in [0.15, 0.2) is 59.1 Å². The molecular formula is C28H27N3O2. The number of rotatable bonds is 3. The van der Waals surface area contributed by atoms with Crippen molar-refractivity contribution in [2.75, 3.05) is 23.3 Å². The molecule has 6 rings (SSSR count). The van der Waals surface area contributed by atoms with Crippen LogP contribution < -0.4 is 10.2 Å². The normalized spacial score (nSPS) is 16.7. The first-order chi connectivity index (χ1) is 15.9. The third-order valence-corrected chi connectivity index (χ3v) is 6.95. The number of hydrogen-bond acceptors (Lipinski definition) is 5. The molecule has 1 aliphatic heterocycles. The van der Waals surface area contributed by atoms with Crippen molar-refractivity contribution in [1.29, 1.82) is 0 Å². The lowest BCUT2D eigenvalue weighted by Crippen LogP contribution is -2.40. The summed E-state index contributed by atoms with van der Waals surface area (Å²) in [4.78, 5) is 16.1. The highest BCUT2D eigenvalue weighted by atomic mass is 16.5. The molecule has 0 atom stereocenters. The van der Waals surface area contributed by atoms with Crippen LogP contribution in [0.25, 0.3) is 22.2 Å². The molecule has 166 valence electrons. The summed E-state index contributed by atoms with van der Waals surface area (Å²) in [5.74, 6) is 0.687. The Labute approximate surface area is 193 Å². The van der Waals surface area contributed by atoms with Gasteiger partial charge in [-0.25, -0.2) is 0 Å². The lowest BCUT2D eigenvalue weighted by molar-refractivity contribution is 0.104. The predicted molar refractivity (Wildman–Crippen MR) is 133 cm³/mol. The lowest BCUT2D eigenvalue weighted by atomic mass is 9.83. The Morgan fingerprint density at radius 2 is 1.82 bits per heavy atom. The van der Waals surface area contributed by atoms with Gasteiger partial charge in [0.25, 0.3) is 0 Å². The van der Waals surface area contributed by atoms with Gasteiger partial charge in [-0.3, -0.25) is 4.79 Å². The third-order valence-electron chi connectivity index (χ3n) is 6.95. The quantitative estimate of drug-likeness (QED) is 0.340. The Morgan fingerprint density at radius 3 is 2.58 bits per heavy atom. The van der Waals surface area contributed by atoms with E-state index in [0.29, 0.717) is 16.9 Å². The van der Waals surface area contributed by atoms with E-state index in [2.05, 4.69) is 54.3 Å². The maximum absolute atomic E-state index is 13.7. The number of nitrogens with zero attached hydrogens (tertiary/aromatic N) is 2. The molecule has 0 saturated carbocycles. The summed E-state index contributed by atoms with van der Waals surface area (Å²) >= 11 is 0. The first kappa shape index (κ1) is 20.0. The average molecular weight is 438 g/mol. The van der Waals surface area contributed by atoms with Crippen molar-refractivity contribution in [3.8, 4) is 11.3 Å². The fourth-order valence-electron chi connectivity index (χ4n) is 5.30. The first-order valence-corrected chi connectivity index (χ1v) is 11.6. The number of aromatic nitrogens is 1. The molecule has 0 spiro atoms. The summed E-state index contributed by atoms with van der Waals surface area (Å²) in [6.45, 7) is 8.60. The molecule has 1 aliphatic carbocycles. The largest absolute Gasteiger partial charge is 0.369 e. The SMILES string of the molecule is Cc1ccc(Nc2cc(N3CCCC(C)(C)C3)c3noc4c3c2C(=O)c2ccccc2-4)cc1. The number of anilines is 3. The highest BCUT2D eigenvalue weighted by molar-refractivity contribution is 6.28. The highest BCUT2D eigenvalue weighted by Gasteiger charge is 2.35. The summed E-state index contributed by atoms with van der Waals surface area (Å²) in [6.07, 6.45) is 2.33. The van der Waals surface area contributed by atoms with Gasteiger partial charge in [-0.05, 0) is 43.4 Å². The number of aryl methyl sites for hydroxylation is 1. The molecule has 1 saturated heterocycles. The number of nitrogens with one attached hydrogen (secondary N) is 1. The maximum Gasteiger partial charge on any atom is 0.196 e. The Morgan fingerprint density at radius 1 is 1.06 bits per heavy atom. The molecule has 33 heavy (non-hydrogen) atoms. The second kappa shape index (κ2) is 7.20. The zero-order chi connectivity index (χ0) is 22.7. The predicted octanol–water partition coefficient (Wildman–Crippen LogP) is 6.72. The molecule has 3 aromatic carbocycles. The summed E-state index contributed by atoms with van der Waals surface area (Å²) in [7, 11) is 0. The minimum Gasteiger partial charge on any atom is -0.369 e. The standard InChI is InChI=1S/C28H27N3O2/c1-17-9-11-18(12-10-17)29-21-15-22(31-14-6-13-28(2,3)16-31)25-24-23(21)26(32)19-7-4-5-8-20(19)27(24)33-30-25/h4-5,7-12,15,29H,6,13-14,16H2,1-3H3. The number of ketones is 1. The Bertz CT molecular complexity index is 1400. The van der Waals surface area contributed by atoms with Crippen molar-refractivity contribution in [3.05, 3.63) is 71.3 Å². The monoisotopic (exact) mass is 437 g/mol. The lowest BCUT2D eigenvalue weighted by Gasteiger charge is -2.39. The topological polar surface area (TPSA) is 58.4 Å². The van der Waals surface area contributed by atoms with Crippen LogP contribution in [0.3, 0.4) is 0 Å². The summed E-state index contributed by atoms with van der Waals surface area (Å²) < 4.78 is 5.92. The van der Waals surface area contributed by atoms with E-state index in [4.69, 9.17) is 4.52 Å². The number of carbonyl (C=O) groups is 1. The minimum atomic E-state index is 0.00596. The fraction of sp³-hybridized carbons (Fsp3) is 0.286. The van der Waals surface area contributed by atoms with Crippen LogP contribution in [0.5, 0.6) is 0 Å². The van der Waals surface area contributed by atoms with E-state index in [9.17, 15) is 4.79 Å². The molecule has 1 fully saturated rings. The van der Waals surface area contributed by atoms with Gasteiger partial charge in [0.15, 0.2) is 11.5 Å². The molecule has 1 N–H and O–H groups in total. The molecule has 0 unspecified atom stereocenters. The number of hydrogen-bond donors (Lipinski definition) is 1. The number of carbonyl (C=O) groups excluding carboxylic acids is 1. The smallest absolute Gasteiger partial charge is 0.196 e. The van der Waals surface area contributed by atoms with Crippen molar-refractivity contribution >= 4 is 33.7 Å². The number of benzene rings is 3. The van der Waals surface area contributed by atoms with Crippen LogP contribution in [0, 0.1) is 12.3 Å². The van der Waals surface area contributed by atoms with Crippen LogP contribution in [0.2, 0.25) is 0 Å². The average Bonchev–Trinajstić information content (AvgIpc) is 3.24. The van der Waals surface area contributed by atoms with Crippen molar-refractivity contribution in [2.24, 2.45) is 5.41 Å². The Hall–Kier alpha value is -3.60. The van der Waals surface area contributed by atoms with Crippen molar-refractivity contribution in [2.45, 2.75) is 33.6 Å². The first-order valence-electron chi connectivity index (χ1n) is 11.6. The van der Waals surface area contributed by atoms with Gasteiger partial charge in [-0.15, -0.1) is 0 Å². The number of piperidine rings is 1. The van der Waals surface area contributed by atoms with E-state index in [0.717, 1.165) is 53.0 Å². The van der Waals surface area contributed by atoms with E-state index in [1.807, 2.05) is 36.4 Å². The highest BCUT2D eigenvalue weighted by Crippen LogP contribution is 2.47. The van der Waals surface area contributed by atoms with Crippen molar-refractivity contribution in [3.63, 3.8) is 0 Å². The van der Waals surface area contributed by atoms with Crippen molar-refractivity contribution in [1.82, 2.24) is 5.16 Å². The number of fused-ring (bicyclic) bond motifs is 2. The van der Waals surface area contributed by atoms with E-state index in [-0.39, 0.29) is 11.2 Å². The van der Waals surface area contributed by atoms with Gasteiger partial charge >= 0.3 is 0 Å². The van der Waals surface area contributed by atoms with Gasteiger partial charge in [-0.1, -0.05) is 61.0 Å². The molecular weight excluding hydrogens is 410 g/mol. The molecule has 5 nitrogen and oxygen atoms in total. The molecule has 2 heterocycles. The van der Waals surface area contributed by atoms with Crippen molar-refractivity contribution < 1.29 is 9.32 Å². The Kier molecular flexibility index (Phi) is 4.37. The molecule has 0 amide bonds. The van der Waals surface area contributed by atoms with Gasteiger partial charge in [-0.2, -0.15) is 0 Å². The van der Waals surface area contributed by atoms with Gasteiger partial charge in [0.2, 0.25) is 0 Å². The third kappa shape index (κ3) is 3.22. The molecule has 0 bridgehead atoms. The zero-order valence-electron chi connectivity index (χ0n) is 19.2. The van der Waals surface area contributed by atoms with Crippen LogP contribution in [0.4, 0.5) is 17.1 Å². The molecule has 1 aromatic heterocycles. The molecule has 5 heteroatoms. The van der Waals surface area contributed by atoms with Gasteiger partial charge < -0.3 is 14.7 Å². The Balaban J connectivity index is 1.60. The second-order valence-corrected chi connectivity index (χ2v) is 10.1. The molecule has 2 aliphatic rings.